The van der Waals surface area contributed by atoms with Crippen LogP contribution in [0.5, 0.6) is 0 Å². The quantitative estimate of drug-likeness (QED) is 0.486. The summed E-state index contributed by atoms with van der Waals surface area (Å²) >= 11 is 0. The van der Waals surface area contributed by atoms with Gasteiger partial charge < -0.3 is 16.4 Å². The highest BCUT2D eigenvalue weighted by atomic mass is 32.2. The molecule has 32 heavy (non-hydrogen) atoms. The van der Waals surface area contributed by atoms with Crippen molar-refractivity contribution < 1.29 is 18.0 Å². The number of benzene rings is 3. The van der Waals surface area contributed by atoms with E-state index in [-0.39, 0.29) is 11.3 Å². The first-order valence-electron chi connectivity index (χ1n) is 9.82. The van der Waals surface area contributed by atoms with Crippen LogP contribution >= 0.6 is 0 Å². The first-order chi connectivity index (χ1) is 15.3. The van der Waals surface area contributed by atoms with Gasteiger partial charge in [-0.25, -0.2) is 13.2 Å². The number of amides is 3. The van der Waals surface area contributed by atoms with Crippen molar-refractivity contribution in [3.8, 4) is 0 Å². The molecule has 0 unspecified atom stereocenters. The van der Waals surface area contributed by atoms with E-state index in [1.165, 1.54) is 23.5 Å². The van der Waals surface area contributed by atoms with Crippen molar-refractivity contribution in [1.29, 1.82) is 0 Å². The molecule has 3 amide bonds. The summed E-state index contributed by atoms with van der Waals surface area (Å²) in [5.74, 6) is -0.404. The maximum Gasteiger partial charge on any atom is 0.312 e. The number of carbonyl (C=O) groups excluding carboxylic acids is 2. The molecule has 0 spiro atoms. The van der Waals surface area contributed by atoms with Crippen molar-refractivity contribution in [2.24, 2.45) is 5.73 Å². The van der Waals surface area contributed by atoms with Crippen molar-refractivity contribution in [2.75, 3.05) is 16.7 Å². The molecule has 0 radical (unpaired) electrons. The minimum Gasteiger partial charge on any atom is -0.352 e. The first kappa shape index (κ1) is 22.8. The average molecular weight is 453 g/mol. The van der Waals surface area contributed by atoms with E-state index in [1.54, 1.807) is 66.7 Å². The molecule has 3 aromatic carbocycles. The van der Waals surface area contributed by atoms with Crippen LogP contribution in [0.2, 0.25) is 0 Å². The van der Waals surface area contributed by atoms with E-state index in [1.807, 2.05) is 6.07 Å². The molecule has 3 rings (SSSR count). The van der Waals surface area contributed by atoms with Gasteiger partial charge in [0.05, 0.1) is 23.0 Å². The molecule has 166 valence electrons. The van der Waals surface area contributed by atoms with Crippen LogP contribution in [0, 0.1) is 0 Å². The van der Waals surface area contributed by atoms with E-state index < -0.39 is 28.0 Å². The van der Waals surface area contributed by atoms with Gasteiger partial charge in [-0.1, -0.05) is 54.6 Å². The van der Waals surface area contributed by atoms with Crippen LogP contribution in [0.4, 0.5) is 16.2 Å². The third-order valence-corrected chi connectivity index (χ3v) is 6.59. The number of rotatable bonds is 8. The molecule has 0 saturated carbocycles. The Kier molecular flexibility index (Phi) is 7.11. The predicted molar refractivity (Wildman–Crippen MR) is 124 cm³/mol. The molecule has 0 saturated heterocycles. The number of hydrogen-bond donors (Lipinski definition) is 3. The highest BCUT2D eigenvalue weighted by molar-refractivity contribution is 7.92. The minimum absolute atomic E-state index is 0.0384. The second-order valence-electron chi connectivity index (χ2n) is 7.06. The van der Waals surface area contributed by atoms with E-state index >= 15 is 0 Å². The Labute approximate surface area is 187 Å². The van der Waals surface area contributed by atoms with Gasteiger partial charge in [0.2, 0.25) is 5.91 Å². The van der Waals surface area contributed by atoms with Crippen LogP contribution in [0.3, 0.4) is 0 Å². The number of nitrogens with one attached hydrogen (secondary N) is 2. The molecule has 1 atom stereocenters. The number of anilines is 2. The predicted octanol–water partition coefficient (Wildman–Crippen LogP) is 3.25. The Morgan fingerprint density at radius 1 is 0.938 bits per heavy atom. The Bertz CT molecular complexity index is 1180. The van der Waals surface area contributed by atoms with Crippen molar-refractivity contribution in [3.05, 3.63) is 90.5 Å². The van der Waals surface area contributed by atoms with Gasteiger partial charge in [0.1, 0.15) is 0 Å². The molecule has 8 nitrogen and oxygen atoms in total. The number of primary amides is 1. The number of urea groups is 1. The number of nitrogens with zero attached hydrogens (tertiary/aromatic N) is 1. The SMILES string of the molecule is CN(c1ccccc1)S(=O)(=O)c1cccc(NC(=O)C[C@@H](NC(N)=O)c2ccccc2)c1. The maximum absolute atomic E-state index is 13.0. The molecule has 0 aromatic heterocycles. The lowest BCUT2D eigenvalue weighted by Gasteiger charge is -2.20. The second kappa shape index (κ2) is 9.97. The molecule has 0 bridgehead atoms. The second-order valence-corrected chi connectivity index (χ2v) is 9.03. The van der Waals surface area contributed by atoms with Gasteiger partial charge in [-0.05, 0) is 35.9 Å². The van der Waals surface area contributed by atoms with E-state index in [4.69, 9.17) is 5.73 Å². The first-order valence-corrected chi connectivity index (χ1v) is 11.3. The number of sulfonamides is 1. The lowest BCUT2D eigenvalue weighted by Crippen LogP contribution is -2.35. The van der Waals surface area contributed by atoms with Crippen LogP contribution in [0.15, 0.2) is 89.8 Å². The van der Waals surface area contributed by atoms with Gasteiger partial charge in [0, 0.05) is 12.7 Å². The largest absolute Gasteiger partial charge is 0.352 e. The topological polar surface area (TPSA) is 122 Å². The van der Waals surface area contributed by atoms with Crippen molar-refractivity contribution in [1.82, 2.24) is 5.32 Å². The molecule has 3 aromatic rings. The summed E-state index contributed by atoms with van der Waals surface area (Å²) in [6.45, 7) is 0. The maximum atomic E-state index is 13.0. The summed E-state index contributed by atoms with van der Waals surface area (Å²) in [4.78, 5) is 24.0. The monoisotopic (exact) mass is 452 g/mol. The summed E-state index contributed by atoms with van der Waals surface area (Å²) in [6, 6.07) is 22.3. The smallest absolute Gasteiger partial charge is 0.312 e. The molecule has 4 N–H and O–H groups in total. The summed E-state index contributed by atoms with van der Waals surface area (Å²) in [5.41, 5.74) is 6.82. The van der Waals surface area contributed by atoms with Crippen LogP contribution in [0.25, 0.3) is 0 Å². The van der Waals surface area contributed by atoms with Gasteiger partial charge in [0.25, 0.3) is 10.0 Å². The molecule has 0 aliphatic heterocycles. The lowest BCUT2D eigenvalue weighted by molar-refractivity contribution is -0.116. The lowest BCUT2D eigenvalue weighted by atomic mass is 10.0. The molecule has 9 heteroatoms. The van der Waals surface area contributed by atoms with Gasteiger partial charge in [-0.15, -0.1) is 0 Å². The molecule has 0 aliphatic rings. The minimum atomic E-state index is -3.82. The van der Waals surface area contributed by atoms with Gasteiger partial charge >= 0.3 is 6.03 Å². The summed E-state index contributed by atoms with van der Waals surface area (Å²) in [6.07, 6.45) is -0.0755. The highest BCUT2D eigenvalue weighted by Crippen LogP contribution is 2.24. The molecule has 0 aliphatic carbocycles. The third-order valence-electron chi connectivity index (χ3n) is 4.80. The summed E-state index contributed by atoms with van der Waals surface area (Å²) in [7, 11) is -2.36. The fraction of sp³-hybridized carbons (Fsp3) is 0.130. The van der Waals surface area contributed by atoms with E-state index in [0.717, 1.165) is 5.56 Å². The van der Waals surface area contributed by atoms with Crippen LogP contribution < -0.4 is 20.7 Å². The number of hydrogen-bond acceptors (Lipinski definition) is 4. The van der Waals surface area contributed by atoms with E-state index in [2.05, 4.69) is 10.6 Å². The van der Waals surface area contributed by atoms with Gasteiger partial charge in [-0.2, -0.15) is 0 Å². The Morgan fingerprint density at radius 2 is 1.56 bits per heavy atom. The third kappa shape index (κ3) is 5.64. The molecule has 0 heterocycles. The zero-order valence-electron chi connectivity index (χ0n) is 17.4. The summed E-state index contributed by atoms with van der Waals surface area (Å²) in [5, 5.41) is 5.25. The molecular formula is C23H24N4O4S. The number of carbonyl (C=O) groups is 2. The Hall–Kier alpha value is -3.85. The van der Waals surface area contributed by atoms with Crippen LogP contribution in [-0.4, -0.2) is 27.4 Å². The average Bonchev–Trinajstić information content (AvgIpc) is 2.79. The highest BCUT2D eigenvalue weighted by Gasteiger charge is 2.22. The zero-order chi connectivity index (χ0) is 23.1. The van der Waals surface area contributed by atoms with Crippen molar-refractivity contribution >= 4 is 33.3 Å². The Balaban J connectivity index is 1.76. The fourth-order valence-electron chi connectivity index (χ4n) is 3.18. The van der Waals surface area contributed by atoms with Gasteiger partial charge in [-0.3, -0.25) is 9.10 Å². The van der Waals surface area contributed by atoms with Crippen molar-refractivity contribution in [3.63, 3.8) is 0 Å². The standard InChI is InChI=1S/C23H24N4O4S/c1-27(19-12-6-3-7-13-19)32(30,31)20-14-8-11-18(15-20)25-22(28)16-21(26-23(24)29)17-9-4-2-5-10-17/h2-15,21H,16H2,1H3,(H,25,28)(H3,24,26,29)/t21-/m1/s1. The summed E-state index contributed by atoms with van der Waals surface area (Å²) < 4.78 is 27.2. The zero-order valence-corrected chi connectivity index (χ0v) is 18.2. The number of para-hydroxylation sites is 1. The van der Waals surface area contributed by atoms with Crippen molar-refractivity contribution in [2.45, 2.75) is 17.4 Å². The van der Waals surface area contributed by atoms with E-state index in [0.29, 0.717) is 11.4 Å². The van der Waals surface area contributed by atoms with Gasteiger partial charge in [0.15, 0.2) is 0 Å². The molecule has 0 fully saturated rings. The van der Waals surface area contributed by atoms with E-state index in [9.17, 15) is 18.0 Å². The van der Waals surface area contributed by atoms with Crippen LogP contribution in [-0.2, 0) is 14.8 Å². The molecular weight excluding hydrogens is 428 g/mol. The number of nitrogens with two attached hydrogens (primary N) is 1. The van der Waals surface area contributed by atoms with Crippen LogP contribution in [0.1, 0.15) is 18.0 Å². The normalized spacial score (nSPS) is 11.9. The Morgan fingerprint density at radius 3 is 2.19 bits per heavy atom. The fourth-order valence-corrected chi connectivity index (χ4v) is 4.42.